The van der Waals surface area contributed by atoms with Crippen molar-refractivity contribution in [1.82, 2.24) is 0 Å². The molecule has 0 saturated heterocycles. The Hall–Kier alpha value is -0.660. The van der Waals surface area contributed by atoms with Gasteiger partial charge in [-0.1, -0.05) is 82.8 Å². The number of hydrogen-bond donors (Lipinski definition) is 0. The van der Waals surface area contributed by atoms with Crippen LogP contribution in [0.15, 0.2) is 53.0 Å². The molecule has 0 nitrogen and oxygen atoms in total. The van der Waals surface area contributed by atoms with Gasteiger partial charge in [0.1, 0.15) is 4.49 Å². The van der Waals surface area contributed by atoms with Gasteiger partial charge in [0.15, 0.2) is 0 Å². The van der Waals surface area contributed by atoms with Crippen molar-refractivity contribution in [3.8, 4) is 0 Å². The quantitative estimate of drug-likeness (QED) is 0.619. The van der Waals surface area contributed by atoms with Crippen LogP contribution in [-0.2, 0) is 0 Å². The SMILES string of the molecule is ClC(Cl)=C(c1ccccc1)c1ccc(Cl)cc1Cl. The van der Waals surface area contributed by atoms with E-state index in [0.717, 1.165) is 11.1 Å². The van der Waals surface area contributed by atoms with E-state index in [1.54, 1.807) is 18.2 Å². The lowest BCUT2D eigenvalue weighted by molar-refractivity contribution is 1.55. The number of benzene rings is 2. The summed E-state index contributed by atoms with van der Waals surface area (Å²) in [5, 5.41) is 1.09. The maximum Gasteiger partial charge on any atom is 0.115 e. The highest BCUT2D eigenvalue weighted by Gasteiger charge is 2.12. The van der Waals surface area contributed by atoms with Gasteiger partial charge in [-0.2, -0.15) is 0 Å². The van der Waals surface area contributed by atoms with Gasteiger partial charge in [0.2, 0.25) is 0 Å². The van der Waals surface area contributed by atoms with Crippen molar-refractivity contribution in [2.75, 3.05) is 0 Å². The Kier molecular flexibility index (Phi) is 4.58. The fourth-order valence-electron chi connectivity index (χ4n) is 1.66. The van der Waals surface area contributed by atoms with Gasteiger partial charge >= 0.3 is 0 Å². The second-order valence-corrected chi connectivity index (χ2v) is 5.42. The molecule has 0 spiro atoms. The molecule has 0 aliphatic heterocycles. The molecule has 0 heterocycles. The molecule has 92 valence electrons. The topological polar surface area (TPSA) is 0 Å². The van der Waals surface area contributed by atoms with Gasteiger partial charge in [0.25, 0.3) is 0 Å². The molecule has 0 radical (unpaired) electrons. The first kappa shape index (κ1) is 13.8. The zero-order chi connectivity index (χ0) is 13.1. The van der Waals surface area contributed by atoms with Crippen LogP contribution in [-0.4, -0.2) is 0 Å². The van der Waals surface area contributed by atoms with Gasteiger partial charge in [-0.15, -0.1) is 0 Å². The summed E-state index contributed by atoms with van der Waals surface area (Å²) in [6, 6.07) is 14.8. The second kappa shape index (κ2) is 5.99. The lowest BCUT2D eigenvalue weighted by atomic mass is 9.99. The largest absolute Gasteiger partial charge is 0.115 e. The van der Waals surface area contributed by atoms with Gasteiger partial charge in [-0.05, 0) is 17.7 Å². The van der Waals surface area contributed by atoms with Crippen molar-refractivity contribution in [2.45, 2.75) is 0 Å². The van der Waals surface area contributed by atoms with Crippen molar-refractivity contribution in [3.63, 3.8) is 0 Å². The molecule has 0 fully saturated rings. The Morgan fingerprint density at radius 2 is 1.50 bits per heavy atom. The highest BCUT2D eigenvalue weighted by Crippen LogP contribution is 2.35. The van der Waals surface area contributed by atoms with Gasteiger partial charge in [-0.3, -0.25) is 0 Å². The Labute approximate surface area is 126 Å². The van der Waals surface area contributed by atoms with Crippen LogP contribution in [0.1, 0.15) is 11.1 Å². The third-order valence-corrected chi connectivity index (χ3v) is 3.38. The Morgan fingerprint density at radius 3 is 2.06 bits per heavy atom. The average molecular weight is 318 g/mol. The normalized spacial score (nSPS) is 10.2. The molecule has 2 aromatic rings. The minimum atomic E-state index is 0.172. The van der Waals surface area contributed by atoms with Crippen LogP contribution in [0.5, 0.6) is 0 Å². The molecular formula is C14H8Cl4. The van der Waals surface area contributed by atoms with Crippen LogP contribution in [0.2, 0.25) is 10.0 Å². The summed E-state index contributed by atoms with van der Waals surface area (Å²) >= 11 is 24.0. The minimum Gasteiger partial charge on any atom is -0.0843 e. The minimum absolute atomic E-state index is 0.172. The van der Waals surface area contributed by atoms with Crippen molar-refractivity contribution >= 4 is 52.0 Å². The molecule has 18 heavy (non-hydrogen) atoms. The Balaban J connectivity index is 2.61. The molecule has 0 aliphatic rings. The van der Waals surface area contributed by atoms with Crippen molar-refractivity contribution in [1.29, 1.82) is 0 Å². The predicted molar refractivity (Wildman–Crippen MR) is 80.6 cm³/mol. The molecule has 0 aromatic heterocycles. The first-order valence-corrected chi connectivity index (χ1v) is 6.67. The molecule has 2 rings (SSSR count). The van der Waals surface area contributed by atoms with Crippen LogP contribution in [0, 0.1) is 0 Å². The van der Waals surface area contributed by atoms with E-state index >= 15 is 0 Å². The molecule has 0 N–H and O–H groups in total. The highest BCUT2D eigenvalue weighted by molar-refractivity contribution is 6.59. The fourth-order valence-corrected chi connectivity index (χ4v) is 2.59. The number of hydrogen-bond acceptors (Lipinski definition) is 0. The van der Waals surface area contributed by atoms with Gasteiger partial charge in [-0.25, -0.2) is 0 Å². The molecule has 4 heteroatoms. The molecule has 2 aromatic carbocycles. The number of halogens is 4. The van der Waals surface area contributed by atoms with Crippen LogP contribution in [0.4, 0.5) is 0 Å². The first-order valence-electron chi connectivity index (χ1n) is 5.15. The molecule has 0 atom stereocenters. The van der Waals surface area contributed by atoms with Gasteiger partial charge in [0.05, 0.1) is 0 Å². The fraction of sp³-hybridized carbons (Fsp3) is 0. The van der Waals surface area contributed by atoms with Crippen molar-refractivity contribution < 1.29 is 0 Å². The Bertz CT molecular complexity index is 584. The summed E-state index contributed by atoms with van der Waals surface area (Å²) < 4.78 is 0.172. The maximum atomic E-state index is 6.18. The molecule has 0 amide bonds. The van der Waals surface area contributed by atoms with E-state index in [0.29, 0.717) is 15.6 Å². The highest BCUT2D eigenvalue weighted by atomic mass is 35.5. The summed E-state index contributed by atoms with van der Waals surface area (Å²) in [5.41, 5.74) is 2.36. The third kappa shape index (κ3) is 3.02. The van der Waals surface area contributed by atoms with Crippen LogP contribution in [0.25, 0.3) is 5.57 Å². The van der Waals surface area contributed by atoms with E-state index in [2.05, 4.69) is 0 Å². The van der Waals surface area contributed by atoms with E-state index in [4.69, 9.17) is 46.4 Å². The predicted octanol–water partition coefficient (Wildman–Crippen LogP) is 6.19. The van der Waals surface area contributed by atoms with E-state index < -0.39 is 0 Å². The lowest BCUT2D eigenvalue weighted by Gasteiger charge is -2.10. The van der Waals surface area contributed by atoms with Crippen molar-refractivity contribution in [3.05, 3.63) is 74.2 Å². The average Bonchev–Trinajstić information content (AvgIpc) is 2.33. The molecule has 0 bridgehead atoms. The first-order chi connectivity index (χ1) is 8.59. The van der Waals surface area contributed by atoms with Crippen LogP contribution in [0.3, 0.4) is 0 Å². The van der Waals surface area contributed by atoms with Crippen LogP contribution >= 0.6 is 46.4 Å². The standard InChI is InChI=1S/C14H8Cl4/c15-10-6-7-11(12(16)8-10)13(14(17)18)9-4-2-1-3-5-9/h1-8H. The van der Waals surface area contributed by atoms with E-state index in [9.17, 15) is 0 Å². The van der Waals surface area contributed by atoms with Gasteiger partial charge < -0.3 is 0 Å². The molecule has 0 saturated carbocycles. The van der Waals surface area contributed by atoms with E-state index in [-0.39, 0.29) is 4.49 Å². The Morgan fingerprint density at radius 1 is 0.833 bits per heavy atom. The van der Waals surface area contributed by atoms with Crippen LogP contribution < -0.4 is 0 Å². The zero-order valence-corrected chi connectivity index (χ0v) is 12.2. The summed E-state index contributed by atoms with van der Waals surface area (Å²) in [6.45, 7) is 0. The summed E-state index contributed by atoms with van der Waals surface area (Å²) in [4.78, 5) is 0. The summed E-state index contributed by atoms with van der Waals surface area (Å²) in [6.07, 6.45) is 0. The van der Waals surface area contributed by atoms with E-state index in [1.807, 2.05) is 30.3 Å². The molecule has 0 aliphatic carbocycles. The summed E-state index contributed by atoms with van der Waals surface area (Å²) in [7, 11) is 0. The summed E-state index contributed by atoms with van der Waals surface area (Å²) in [5.74, 6) is 0. The zero-order valence-electron chi connectivity index (χ0n) is 9.13. The maximum absolute atomic E-state index is 6.18. The smallest absolute Gasteiger partial charge is 0.0843 e. The van der Waals surface area contributed by atoms with Gasteiger partial charge in [0, 0.05) is 21.2 Å². The monoisotopic (exact) mass is 316 g/mol. The third-order valence-electron chi connectivity index (χ3n) is 2.45. The van der Waals surface area contributed by atoms with E-state index in [1.165, 1.54) is 0 Å². The molecule has 0 unspecified atom stereocenters. The molecular weight excluding hydrogens is 310 g/mol. The van der Waals surface area contributed by atoms with Crippen molar-refractivity contribution in [2.24, 2.45) is 0 Å². The second-order valence-electron chi connectivity index (χ2n) is 3.63. The lowest BCUT2D eigenvalue weighted by Crippen LogP contribution is -1.90. The number of rotatable bonds is 2.